The summed E-state index contributed by atoms with van der Waals surface area (Å²) in [7, 11) is 0. The quantitative estimate of drug-likeness (QED) is 0.776. The molecule has 3 aliphatic rings. The number of hydrogen-bond acceptors (Lipinski definition) is 3. The van der Waals surface area contributed by atoms with Crippen molar-refractivity contribution in [1.29, 1.82) is 0 Å². The van der Waals surface area contributed by atoms with E-state index in [0.717, 1.165) is 19.3 Å². The summed E-state index contributed by atoms with van der Waals surface area (Å²) < 4.78 is 5.91. The first kappa shape index (κ1) is 12.1. The third-order valence-electron chi connectivity index (χ3n) is 5.55. The maximum absolute atomic E-state index is 12.3. The zero-order valence-electron chi connectivity index (χ0n) is 11.4. The summed E-state index contributed by atoms with van der Waals surface area (Å²) in [5.74, 6) is 0.938. The molecule has 0 unspecified atom stereocenters. The van der Waals surface area contributed by atoms with Gasteiger partial charge in [-0.15, -0.1) is 0 Å². The highest BCUT2D eigenvalue weighted by Gasteiger charge is 2.70. The van der Waals surface area contributed by atoms with Crippen molar-refractivity contribution >= 4 is 11.8 Å². The van der Waals surface area contributed by atoms with E-state index in [1.54, 1.807) is 12.1 Å². The fourth-order valence-electron chi connectivity index (χ4n) is 4.79. The van der Waals surface area contributed by atoms with Gasteiger partial charge in [0.25, 0.3) is 0 Å². The maximum atomic E-state index is 12.3. The van der Waals surface area contributed by atoms with Gasteiger partial charge in [-0.25, -0.2) is 4.79 Å². The van der Waals surface area contributed by atoms with Crippen LogP contribution in [0.4, 0.5) is 0 Å². The van der Waals surface area contributed by atoms with Crippen molar-refractivity contribution in [2.24, 2.45) is 17.8 Å². The van der Waals surface area contributed by atoms with Crippen LogP contribution in [0.25, 0.3) is 0 Å². The van der Waals surface area contributed by atoms with Crippen LogP contribution in [0.3, 0.4) is 0 Å². The highest BCUT2D eigenvalue weighted by Crippen LogP contribution is 2.65. The van der Waals surface area contributed by atoms with Gasteiger partial charge in [-0.1, -0.05) is 24.6 Å². The number of carbonyl (C=O) groups is 2. The summed E-state index contributed by atoms with van der Waals surface area (Å²) in [4.78, 5) is 24.5. The van der Waals surface area contributed by atoms with E-state index in [9.17, 15) is 9.59 Å². The van der Waals surface area contributed by atoms with Crippen LogP contribution in [0.2, 0.25) is 0 Å². The zero-order valence-corrected chi connectivity index (χ0v) is 11.4. The Hall–Kier alpha value is -1.64. The third-order valence-corrected chi connectivity index (χ3v) is 5.55. The van der Waals surface area contributed by atoms with Crippen LogP contribution in [-0.2, 0) is 9.53 Å². The topological polar surface area (TPSA) is 43.4 Å². The molecule has 0 aliphatic heterocycles. The number of Topliss-reactive ketones (excluding diaryl/α,β-unsaturated/α-hetero) is 1. The summed E-state index contributed by atoms with van der Waals surface area (Å²) in [6, 6.07) is 9.10. The lowest BCUT2D eigenvalue weighted by Gasteiger charge is -2.53. The van der Waals surface area contributed by atoms with Crippen molar-refractivity contribution in [3.05, 3.63) is 35.9 Å². The predicted octanol–water partition coefficient (Wildman–Crippen LogP) is 2.99. The summed E-state index contributed by atoms with van der Waals surface area (Å²) in [5.41, 5.74) is 0.118. The smallest absolute Gasteiger partial charge is 0.338 e. The molecule has 3 aliphatic carbocycles. The normalized spacial score (nSPS) is 38.0. The molecular formula is C17H18O3. The van der Waals surface area contributed by atoms with Gasteiger partial charge in [-0.05, 0) is 37.3 Å². The Morgan fingerprint density at radius 2 is 2.00 bits per heavy atom. The number of hydrogen-bond donors (Lipinski definition) is 0. The van der Waals surface area contributed by atoms with Gasteiger partial charge >= 0.3 is 5.97 Å². The molecule has 0 radical (unpaired) electrons. The molecule has 0 amide bonds. The lowest BCUT2D eigenvalue weighted by molar-refractivity contribution is -0.175. The largest absolute Gasteiger partial charge is 0.454 e. The number of carbonyl (C=O) groups excluding carboxylic acids is 2. The summed E-state index contributed by atoms with van der Waals surface area (Å²) >= 11 is 0. The molecule has 0 bridgehead atoms. The number of esters is 1. The van der Waals surface area contributed by atoms with E-state index >= 15 is 0 Å². The molecule has 1 aromatic carbocycles. The monoisotopic (exact) mass is 270 g/mol. The molecule has 0 N–H and O–H groups in total. The first-order valence-corrected chi connectivity index (χ1v) is 7.53. The molecule has 20 heavy (non-hydrogen) atoms. The van der Waals surface area contributed by atoms with Gasteiger partial charge in [0.1, 0.15) is 11.4 Å². The molecule has 3 heteroatoms. The molecule has 1 aromatic rings. The van der Waals surface area contributed by atoms with Crippen LogP contribution in [-0.4, -0.2) is 17.4 Å². The first-order chi connectivity index (χ1) is 9.72. The van der Waals surface area contributed by atoms with Gasteiger partial charge in [0.05, 0.1) is 11.5 Å². The van der Waals surface area contributed by atoms with Crippen LogP contribution in [0.15, 0.2) is 30.3 Å². The van der Waals surface area contributed by atoms with Crippen LogP contribution in [0, 0.1) is 17.8 Å². The minimum Gasteiger partial charge on any atom is -0.454 e. The molecule has 3 fully saturated rings. The molecule has 0 spiro atoms. The standard InChI is InChI=1S/C17H18O3/c18-14-9-10-17(13-8-4-7-12(13)15(14)17)20-16(19)11-5-2-1-3-6-11/h1-3,5-6,12-13,15H,4,7-10H2/t12-,13+,15-,17+/m0/s1. The van der Waals surface area contributed by atoms with E-state index in [1.165, 1.54) is 6.42 Å². The van der Waals surface area contributed by atoms with Gasteiger partial charge in [0.15, 0.2) is 0 Å². The summed E-state index contributed by atoms with van der Waals surface area (Å²) in [5, 5.41) is 0. The fourth-order valence-corrected chi connectivity index (χ4v) is 4.79. The maximum Gasteiger partial charge on any atom is 0.338 e. The van der Waals surface area contributed by atoms with Gasteiger partial charge < -0.3 is 4.74 Å². The Balaban J connectivity index is 1.61. The van der Waals surface area contributed by atoms with E-state index in [2.05, 4.69) is 0 Å². The van der Waals surface area contributed by atoms with Crippen molar-refractivity contribution in [2.75, 3.05) is 0 Å². The van der Waals surface area contributed by atoms with Gasteiger partial charge in [-0.3, -0.25) is 4.79 Å². The Morgan fingerprint density at radius 1 is 1.20 bits per heavy atom. The second-order valence-corrected chi connectivity index (χ2v) is 6.36. The molecule has 0 heterocycles. The Morgan fingerprint density at radius 3 is 2.80 bits per heavy atom. The lowest BCUT2D eigenvalue weighted by atomic mass is 9.56. The Bertz CT molecular complexity index is 565. The van der Waals surface area contributed by atoms with E-state index in [4.69, 9.17) is 4.74 Å². The number of rotatable bonds is 2. The van der Waals surface area contributed by atoms with E-state index in [1.807, 2.05) is 18.2 Å². The van der Waals surface area contributed by atoms with Crippen molar-refractivity contribution < 1.29 is 14.3 Å². The minimum atomic E-state index is -0.467. The van der Waals surface area contributed by atoms with Crippen LogP contribution in [0.5, 0.6) is 0 Å². The molecule has 4 atom stereocenters. The van der Waals surface area contributed by atoms with E-state index < -0.39 is 5.60 Å². The summed E-state index contributed by atoms with van der Waals surface area (Å²) in [6.45, 7) is 0. The Kier molecular flexibility index (Phi) is 2.53. The molecule has 0 saturated heterocycles. The van der Waals surface area contributed by atoms with Gasteiger partial charge in [0, 0.05) is 12.3 Å². The number of fused-ring (bicyclic) bond motifs is 4. The van der Waals surface area contributed by atoms with Crippen LogP contribution < -0.4 is 0 Å². The van der Waals surface area contributed by atoms with E-state index in [-0.39, 0.29) is 11.9 Å². The zero-order chi connectivity index (χ0) is 13.7. The number of ketones is 1. The predicted molar refractivity (Wildman–Crippen MR) is 73.2 cm³/mol. The molecule has 3 nitrogen and oxygen atoms in total. The second kappa shape index (κ2) is 4.18. The van der Waals surface area contributed by atoms with Crippen molar-refractivity contribution in [3.63, 3.8) is 0 Å². The van der Waals surface area contributed by atoms with Crippen LogP contribution >= 0.6 is 0 Å². The molecule has 4 rings (SSSR count). The number of benzene rings is 1. The average Bonchev–Trinajstić information content (AvgIpc) is 2.99. The molecule has 0 aromatic heterocycles. The minimum absolute atomic E-state index is 0.0114. The van der Waals surface area contributed by atoms with E-state index in [0.29, 0.717) is 29.6 Å². The lowest BCUT2D eigenvalue weighted by Crippen LogP contribution is -2.61. The van der Waals surface area contributed by atoms with Crippen LogP contribution in [0.1, 0.15) is 42.5 Å². The highest BCUT2D eigenvalue weighted by atomic mass is 16.6. The molecule has 3 saturated carbocycles. The molecular weight excluding hydrogens is 252 g/mol. The van der Waals surface area contributed by atoms with Crippen molar-refractivity contribution in [3.8, 4) is 0 Å². The van der Waals surface area contributed by atoms with Gasteiger partial charge in [0.2, 0.25) is 0 Å². The highest BCUT2D eigenvalue weighted by molar-refractivity contribution is 5.92. The van der Waals surface area contributed by atoms with Crippen molar-refractivity contribution in [1.82, 2.24) is 0 Å². The Labute approximate surface area is 118 Å². The molecule has 104 valence electrons. The summed E-state index contributed by atoms with van der Waals surface area (Å²) in [6.07, 6.45) is 4.72. The average molecular weight is 270 g/mol. The van der Waals surface area contributed by atoms with Crippen molar-refractivity contribution in [2.45, 2.75) is 37.7 Å². The first-order valence-electron chi connectivity index (χ1n) is 7.53. The SMILES string of the molecule is O=C(O[C@@]12CCC(=O)[C@@H]1[C@H]1CCC[C@H]12)c1ccccc1. The van der Waals surface area contributed by atoms with Gasteiger partial charge in [-0.2, -0.15) is 0 Å². The second-order valence-electron chi connectivity index (χ2n) is 6.36. The fraction of sp³-hybridized carbons (Fsp3) is 0.529. The third kappa shape index (κ3) is 1.46. The number of ether oxygens (including phenoxy) is 1.